The van der Waals surface area contributed by atoms with Crippen molar-refractivity contribution in [3.05, 3.63) is 12.7 Å². The zero-order valence-corrected chi connectivity index (χ0v) is 13.7. The second kappa shape index (κ2) is 7.51. The summed E-state index contributed by atoms with van der Waals surface area (Å²) in [6.07, 6.45) is 4.42. The molecule has 0 aliphatic heterocycles. The molecule has 0 aromatic carbocycles. The van der Waals surface area contributed by atoms with Gasteiger partial charge in [0.2, 0.25) is 0 Å². The van der Waals surface area contributed by atoms with Gasteiger partial charge in [0.1, 0.15) is 11.8 Å². The topological polar surface area (TPSA) is 88.1 Å². The molecule has 0 amide bonds. The Bertz CT molecular complexity index is 597. The quantitative estimate of drug-likeness (QED) is 0.802. The molecule has 22 heavy (non-hydrogen) atoms. The van der Waals surface area contributed by atoms with Crippen molar-refractivity contribution in [2.75, 3.05) is 12.3 Å². The fourth-order valence-corrected chi connectivity index (χ4v) is 2.22. The largest absolute Gasteiger partial charge is 0.382 e. The molecule has 1 atom stereocenters. The van der Waals surface area contributed by atoms with E-state index in [1.807, 2.05) is 32.3 Å². The average Bonchev–Trinajstić information content (AvgIpc) is 2.86. The molecular weight excluding hydrogens is 282 g/mol. The van der Waals surface area contributed by atoms with Crippen molar-refractivity contribution in [3.63, 3.8) is 0 Å². The second-order valence-corrected chi connectivity index (χ2v) is 5.85. The number of aryl methyl sites for hydroxylation is 1. The van der Waals surface area contributed by atoms with Crippen LogP contribution in [0.2, 0.25) is 0 Å². The van der Waals surface area contributed by atoms with E-state index < -0.39 is 0 Å². The third-order valence-corrected chi connectivity index (χ3v) is 3.20. The van der Waals surface area contributed by atoms with Crippen molar-refractivity contribution in [2.45, 2.75) is 59.0 Å². The maximum atomic E-state index is 5.92. The van der Waals surface area contributed by atoms with Gasteiger partial charge in [0.05, 0.1) is 31.2 Å². The van der Waals surface area contributed by atoms with Crippen molar-refractivity contribution in [1.82, 2.24) is 19.5 Å². The van der Waals surface area contributed by atoms with Gasteiger partial charge in [0.25, 0.3) is 0 Å². The first-order chi connectivity index (χ1) is 10.5. The smallest absolute Gasteiger partial charge is 0.165 e. The summed E-state index contributed by atoms with van der Waals surface area (Å²) in [5.41, 5.74) is 7.19. The van der Waals surface area contributed by atoms with Crippen LogP contribution < -0.4 is 5.73 Å². The molecule has 7 nitrogen and oxygen atoms in total. The van der Waals surface area contributed by atoms with Gasteiger partial charge >= 0.3 is 0 Å². The standard InChI is InChI=1S/C15H25N5O2/c1-10(2)21-7-12(22-11(3)4)5-6-20-9-19-13-14(16)17-8-18-15(13)20/h8-12H,5-7H2,1-4H3,(H2,16,17,18). The van der Waals surface area contributed by atoms with Gasteiger partial charge < -0.3 is 19.8 Å². The van der Waals surface area contributed by atoms with Gasteiger partial charge in [-0.25, -0.2) is 15.0 Å². The van der Waals surface area contributed by atoms with E-state index in [4.69, 9.17) is 15.2 Å². The number of rotatable bonds is 8. The molecule has 7 heteroatoms. The number of nitrogens with zero attached hydrogens (tertiary/aromatic N) is 4. The van der Waals surface area contributed by atoms with Crippen LogP contribution in [-0.4, -0.2) is 44.4 Å². The van der Waals surface area contributed by atoms with Crippen LogP contribution in [0.5, 0.6) is 0 Å². The maximum Gasteiger partial charge on any atom is 0.165 e. The Morgan fingerprint density at radius 3 is 2.59 bits per heavy atom. The number of nitrogens with two attached hydrogens (primary N) is 1. The minimum atomic E-state index is 0.0408. The van der Waals surface area contributed by atoms with Crippen molar-refractivity contribution in [3.8, 4) is 0 Å². The third kappa shape index (κ3) is 4.38. The highest BCUT2D eigenvalue weighted by molar-refractivity contribution is 5.80. The van der Waals surface area contributed by atoms with Gasteiger partial charge in [0, 0.05) is 6.54 Å². The molecule has 0 spiro atoms. The fourth-order valence-electron chi connectivity index (χ4n) is 2.22. The molecule has 2 aromatic rings. The third-order valence-electron chi connectivity index (χ3n) is 3.20. The molecular formula is C15H25N5O2. The average molecular weight is 307 g/mol. The summed E-state index contributed by atoms with van der Waals surface area (Å²) in [6.45, 7) is 9.43. The highest BCUT2D eigenvalue weighted by Crippen LogP contribution is 2.15. The number of hydrogen-bond acceptors (Lipinski definition) is 6. The zero-order valence-electron chi connectivity index (χ0n) is 13.7. The Morgan fingerprint density at radius 2 is 1.91 bits per heavy atom. The Kier molecular flexibility index (Phi) is 5.68. The molecule has 0 bridgehead atoms. The molecule has 2 aromatic heterocycles. The number of nitrogen functional groups attached to an aromatic ring is 1. The molecule has 0 aliphatic rings. The van der Waals surface area contributed by atoms with Crippen LogP contribution in [0.25, 0.3) is 11.2 Å². The van der Waals surface area contributed by atoms with Gasteiger partial charge in [-0.05, 0) is 34.1 Å². The number of hydrogen-bond donors (Lipinski definition) is 1. The van der Waals surface area contributed by atoms with Crippen LogP contribution in [-0.2, 0) is 16.0 Å². The molecule has 2 heterocycles. The Balaban J connectivity index is 2.02. The van der Waals surface area contributed by atoms with Gasteiger partial charge in [-0.15, -0.1) is 0 Å². The Labute approximate surface area is 130 Å². The van der Waals surface area contributed by atoms with Crippen LogP contribution in [0.3, 0.4) is 0 Å². The molecule has 0 saturated heterocycles. The normalized spacial score (nSPS) is 13.4. The van der Waals surface area contributed by atoms with Crippen molar-refractivity contribution < 1.29 is 9.47 Å². The van der Waals surface area contributed by atoms with Crippen LogP contribution >= 0.6 is 0 Å². The van der Waals surface area contributed by atoms with Crippen molar-refractivity contribution in [2.24, 2.45) is 0 Å². The zero-order chi connectivity index (χ0) is 16.1. The molecule has 2 rings (SSSR count). The van der Waals surface area contributed by atoms with E-state index in [1.165, 1.54) is 6.33 Å². The van der Waals surface area contributed by atoms with E-state index in [0.29, 0.717) is 17.9 Å². The van der Waals surface area contributed by atoms with E-state index in [-0.39, 0.29) is 18.3 Å². The van der Waals surface area contributed by atoms with Crippen LogP contribution in [0.15, 0.2) is 12.7 Å². The summed E-state index contributed by atoms with van der Waals surface area (Å²) in [6, 6.07) is 0. The second-order valence-electron chi connectivity index (χ2n) is 5.85. The molecule has 0 radical (unpaired) electrons. The first-order valence-electron chi connectivity index (χ1n) is 7.65. The van der Waals surface area contributed by atoms with E-state index in [1.54, 1.807) is 6.33 Å². The lowest BCUT2D eigenvalue weighted by Gasteiger charge is -2.22. The molecule has 122 valence electrons. The van der Waals surface area contributed by atoms with Crippen LogP contribution in [0.1, 0.15) is 34.1 Å². The number of ether oxygens (including phenoxy) is 2. The predicted octanol–water partition coefficient (Wildman–Crippen LogP) is 2.02. The van der Waals surface area contributed by atoms with Gasteiger partial charge in [-0.3, -0.25) is 0 Å². The van der Waals surface area contributed by atoms with Gasteiger partial charge in [-0.1, -0.05) is 0 Å². The highest BCUT2D eigenvalue weighted by atomic mass is 16.5. The molecule has 2 N–H and O–H groups in total. The highest BCUT2D eigenvalue weighted by Gasteiger charge is 2.14. The lowest BCUT2D eigenvalue weighted by molar-refractivity contribution is -0.0627. The summed E-state index contributed by atoms with van der Waals surface area (Å²) in [4.78, 5) is 12.5. The van der Waals surface area contributed by atoms with Crippen LogP contribution in [0.4, 0.5) is 5.82 Å². The van der Waals surface area contributed by atoms with Crippen molar-refractivity contribution in [1.29, 1.82) is 0 Å². The molecule has 0 aliphatic carbocycles. The number of fused-ring (bicyclic) bond motifs is 1. The first-order valence-corrected chi connectivity index (χ1v) is 7.65. The van der Waals surface area contributed by atoms with Gasteiger partial charge in [0.15, 0.2) is 11.5 Å². The fraction of sp³-hybridized carbons (Fsp3) is 0.667. The van der Waals surface area contributed by atoms with Crippen molar-refractivity contribution >= 4 is 17.0 Å². The van der Waals surface area contributed by atoms with E-state index in [2.05, 4.69) is 15.0 Å². The molecule has 0 saturated carbocycles. The monoisotopic (exact) mass is 307 g/mol. The van der Waals surface area contributed by atoms with Crippen LogP contribution in [0, 0.1) is 0 Å². The molecule has 0 fully saturated rings. The number of imidazole rings is 1. The SMILES string of the molecule is CC(C)OCC(CCn1cnc2c(N)ncnc21)OC(C)C. The van der Waals surface area contributed by atoms with E-state index in [9.17, 15) is 0 Å². The summed E-state index contributed by atoms with van der Waals surface area (Å²) in [7, 11) is 0. The number of anilines is 1. The summed E-state index contributed by atoms with van der Waals surface area (Å²) < 4.78 is 13.6. The minimum Gasteiger partial charge on any atom is -0.382 e. The minimum absolute atomic E-state index is 0.0408. The first kappa shape index (κ1) is 16.6. The van der Waals surface area contributed by atoms with Gasteiger partial charge in [-0.2, -0.15) is 0 Å². The number of aromatic nitrogens is 4. The lowest BCUT2D eigenvalue weighted by atomic mass is 10.2. The van der Waals surface area contributed by atoms with E-state index in [0.717, 1.165) is 18.6 Å². The summed E-state index contributed by atoms with van der Waals surface area (Å²) in [5, 5.41) is 0. The summed E-state index contributed by atoms with van der Waals surface area (Å²) in [5.74, 6) is 0.405. The predicted molar refractivity (Wildman–Crippen MR) is 85.4 cm³/mol. The Hall–Kier alpha value is -1.73. The summed E-state index contributed by atoms with van der Waals surface area (Å²) >= 11 is 0. The lowest BCUT2D eigenvalue weighted by Crippen LogP contribution is -2.26. The maximum absolute atomic E-state index is 5.92. The Morgan fingerprint density at radius 1 is 1.14 bits per heavy atom. The van der Waals surface area contributed by atoms with E-state index >= 15 is 0 Å². The molecule has 1 unspecified atom stereocenters.